The number of unbranched alkanes of at least 4 members (excludes halogenated alkanes) is 1. The molecule has 1 N–H and O–H groups in total. The molecule has 2 aliphatic rings. The number of amides is 2. The molecule has 1 saturated heterocycles. The summed E-state index contributed by atoms with van der Waals surface area (Å²) in [6.07, 6.45) is 5.73. The first-order valence-electron chi connectivity index (χ1n) is 8.25. The van der Waals surface area contributed by atoms with Crippen LogP contribution in [0.4, 0.5) is 0 Å². The van der Waals surface area contributed by atoms with E-state index in [0.717, 1.165) is 45.1 Å². The van der Waals surface area contributed by atoms with Gasteiger partial charge in [-0.2, -0.15) is 0 Å². The maximum atomic E-state index is 12.6. The van der Waals surface area contributed by atoms with E-state index in [1.54, 1.807) is 4.90 Å². The van der Waals surface area contributed by atoms with Gasteiger partial charge in [-0.3, -0.25) is 9.59 Å². The van der Waals surface area contributed by atoms with Crippen LogP contribution in [0.15, 0.2) is 0 Å². The summed E-state index contributed by atoms with van der Waals surface area (Å²) in [7, 11) is 2.12. The number of rotatable bonds is 6. The number of piperazine rings is 1. The number of nitrogens with one attached hydrogen (secondary N) is 1. The predicted octanol–water partition coefficient (Wildman–Crippen LogP) is 1.38. The highest BCUT2D eigenvalue weighted by molar-refractivity contribution is 5.98. The highest BCUT2D eigenvalue weighted by Crippen LogP contribution is 2.33. The van der Waals surface area contributed by atoms with Crippen molar-refractivity contribution in [2.45, 2.75) is 64.0 Å². The highest BCUT2D eigenvalue weighted by Gasteiger charge is 2.47. The van der Waals surface area contributed by atoms with Crippen LogP contribution in [0.1, 0.15) is 52.4 Å². The van der Waals surface area contributed by atoms with Gasteiger partial charge in [0.25, 0.3) is 0 Å². The lowest BCUT2D eigenvalue weighted by molar-refractivity contribution is -0.149. The predicted molar refractivity (Wildman–Crippen MR) is 82.9 cm³/mol. The lowest BCUT2D eigenvalue weighted by Crippen LogP contribution is -2.65. The van der Waals surface area contributed by atoms with Gasteiger partial charge >= 0.3 is 0 Å². The van der Waals surface area contributed by atoms with Crippen molar-refractivity contribution in [3.05, 3.63) is 0 Å². The molecule has 0 radical (unpaired) electrons. The molecule has 1 aliphatic carbocycles. The maximum Gasteiger partial charge on any atom is 0.248 e. The molecule has 1 heterocycles. The fourth-order valence-electron chi connectivity index (χ4n) is 3.33. The van der Waals surface area contributed by atoms with E-state index in [9.17, 15) is 9.59 Å². The molecule has 5 heteroatoms. The molecule has 1 aliphatic heterocycles. The number of carbonyl (C=O) groups is 2. The Kier molecular flexibility index (Phi) is 5.25. The Balaban J connectivity index is 1.82. The van der Waals surface area contributed by atoms with Crippen LogP contribution in [0.5, 0.6) is 0 Å². The van der Waals surface area contributed by atoms with Gasteiger partial charge in [0.2, 0.25) is 11.8 Å². The van der Waals surface area contributed by atoms with Gasteiger partial charge in [-0.1, -0.05) is 12.8 Å². The zero-order valence-corrected chi connectivity index (χ0v) is 13.7. The summed E-state index contributed by atoms with van der Waals surface area (Å²) in [5.74, 6) is 0.160. The first-order valence-corrected chi connectivity index (χ1v) is 8.25. The maximum absolute atomic E-state index is 12.6. The van der Waals surface area contributed by atoms with Gasteiger partial charge in [-0.05, 0) is 53.1 Å². The van der Waals surface area contributed by atoms with Crippen molar-refractivity contribution < 1.29 is 9.59 Å². The molecular formula is C16H29N3O2. The molecule has 120 valence electrons. The summed E-state index contributed by atoms with van der Waals surface area (Å²) in [6, 6.07) is 0.550. The fourth-order valence-corrected chi connectivity index (χ4v) is 3.33. The Morgan fingerprint density at radius 1 is 1.24 bits per heavy atom. The van der Waals surface area contributed by atoms with Gasteiger partial charge in [0, 0.05) is 12.6 Å². The quantitative estimate of drug-likeness (QED) is 0.753. The number of carbonyl (C=O) groups excluding carboxylic acids is 2. The van der Waals surface area contributed by atoms with Gasteiger partial charge < -0.3 is 15.1 Å². The Hall–Kier alpha value is -1.10. The second-order valence-electron chi connectivity index (χ2n) is 6.85. The van der Waals surface area contributed by atoms with E-state index >= 15 is 0 Å². The Bertz CT molecular complexity index is 389. The van der Waals surface area contributed by atoms with Crippen LogP contribution in [-0.2, 0) is 9.59 Å². The van der Waals surface area contributed by atoms with Crippen molar-refractivity contribution in [3.63, 3.8) is 0 Å². The normalized spacial score (nSPS) is 21.7. The summed E-state index contributed by atoms with van der Waals surface area (Å²) in [6.45, 7) is 6.35. The molecule has 0 aromatic carbocycles. The average Bonchev–Trinajstić information content (AvgIpc) is 2.88. The zero-order chi connectivity index (χ0) is 15.5. The lowest BCUT2D eigenvalue weighted by Gasteiger charge is -2.39. The van der Waals surface area contributed by atoms with Crippen LogP contribution >= 0.6 is 0 Å². The van der Waals surface area contributed by atoms with Gasteiger partial charge in [0.15, 0.2) is 0 Å². The zero-order valence-electron chi connectivity index (χ0n) is 13.7. The summed E-state index contributed by atoms with van der Waals surface area (Å²) >= 11 is 0. The number of hydrogen-bond donors (Lipinski definition) is 1. The third-order valence-corrected chi connectivity index (χ3v) is 4.94. The van der Waals surface area contributed by atoms with Crippen molar-refractivity contribution in [2.24, 2.45) is 0 Å². The Labute approximate surface area is 128 Å². The first kappa shape index (κ1) is 16.3. The van der Waals surface area contributed by atoms with Crippen LogP contribution < -0.4 is 5.32 Å². The topological polar surface area (TPSA) is 52.6 Å². The van der Waals surface area contributed by atoms with Crippen LogP contribution in [0.25, 0.3) is 0 Å². The average molecular weight is 295 g/mol. The highest BCUT2D eigenvalue weighted by atomic mass is 16.2. The van der Waals surface area contributed by atoms with Crippen LogP contribution in [0.2, 0.25) is 0 Å². The minimum Gasteiger partial charge on any atom is -0.340 e. The molecule has 1 spiro atoms. The molecule has 0 unspecified atom stereocenters. The van der Waals surface area contributed by atoms with E-state index in [4.69, 9.17) is 0 Å². The fraction of sp³-hybridized carbons (Fsp3) is 0.875. The summed E-state index contributed by atoms with van der Waals surface area (Å²) in [5, 5.41) is 2.96. The second-order valence-corrected chi connectivity index (χ2v) is 6.85. The molecule has 2 amide bonds. The first-order chi connectivity index (χ1) is 9.94. The minimum absolute atomic E-state index is 0.01000. The van der Waals surface area contributed by atoms with Crippen molar-refractivity contribution >= 4 is 11.8 Å². The van der Waals surface area contributed by atoms with E-state index in [-0.39, 0.29) is 18.4 Å². The Morgan fingerprint density at radius 3 is 2.52 bits per heavy atom. The molecule has 0 aromatic rings. The molecule has 0 aromatic heterocycles. The molecule has 2 fully saturated rings. The molecule has 1 saturated carbocycles. The number of hydrogen-bond acceptors (Lipinski definition) is 3. The monoisotopic (exact) mass is 295 g/mol. The van der Waals surface area contributed by atoms with E-state index in [1.807, 2.05) is 0 Å². The molecule has 21 heavy (non-hydrogen) atoms. The van der Waals surface area contributed by atoms with Crippen molar-refractivity contribution in [1.82, 2.24) is 15.1 Å². The summed E-state index contributed by atoms with van der Waals surface area (Å²) < 4.78 is 0. The molecular weight excluding hydrogens is 266 g/mol. The van der Waals surface area contributed by atoms with Gasteiger partial charge in [-0.25, -0.2) is 0 Å². The molecule has 0 atom stereocenters. The van der Waals surface area contributed by atoms with Crippen molar-refractivity contribution in [3.8, 4) is 0 Å². The summed E-state index contributed by atoms with van der Waals surface area (Å²) in [5.41, 5.74) is -0.565. The minimum atomic E-state index is -0.565. The second kappa shape index (κ2) is 6.77. The molecule has 2 rings (SSSR count). The third-order valence-electron chi connectivity index (χ3n) is 4.94. The smallest absolute Gasteiger partial charge is 0.248 e. The van der Waals surface area contributed by atoms with E-state index in [0.29, 0.717) is 12.6 Å². The lowest BCUT2D eigenvalue weighted by atomic mass is 9.93. The Morgan fingerprint density at radius 2 is 1.90 bits per heavy atom. The van der Waals surface area contributed by atoms with Crippen LogP contribution in [-0.4, -0.2) is 59.9 Å². The van der Waals surface area contributed by atoms with E-state index < -0.39 is 5.54 Å². The van der Waals surface area contributed by atoms with Crippen molar-refractivity contribution in [1.29, 1.82) is 0 Å². The van der Waals surface area contributed by atoms with Gasteiger partial charge in [0.05, 0.1) is 6.54 Å². The van der Waals surface area contributed by atoms with Gasteiger partial charge in [-0.15, -0.1) is 0 Å². The third kappa shape index (κ3) is 3.76. The standard InChI is InChI=1S/C16H29N3O2/c1-13(2)18(3)10-6-7-11-19-12-14(20)17-16(15(19)21)8-4-5-9-16/h13H,4-12H2,1-3H3,(H,17,20). The molecule has 5 nitrogen and oxygen atoms in total. The van der Waals surface area contributed by atoms with E-state index in [2.05, 4.69) is 31.1 Å². The van der Waals surface area contributed by atoms with E-state index in [1.165, 1.54) is 0 Å². The van der Waals surface area contributed by atoms with Crippen LogP contribution in [0, 0.1) is 0 Å². The van der Waals surface area contributed by atoms with Crippen LogP contribution in [0.3, 0.4) is 0 Å². The number of nitrogens with zero attached hydrogens (tertiary/aromatic N) is 2. The largest absolute Gasteiger partial charge is 0.340 e. The van der Waals surface area contributed by atoms with Gasteiger partial charge in [0.1, 0.15) is 5.54 Å². The SMILES string of the molecule is CC(C)N(C)CCCCN1CC(=O)NC2(CCCC2)C1=O. The van der Waals surface area contributed by atoms with Crippen molar-refractivity contribution in [2.75, 3.05) is 26.7 Å². The summed E-state index contributed by atoms with van der Waals surface area (Å²) in [4.78, 5) is 28.6. The molecule has 0 bridgehead atoms.